The highest BCUT2D eigenvalue weighted by atomic mass is 16.6. The van der Waals surface area contributed by atoms with Gasteiger partial charge in [0.05, 0.1) is 5.56 Å². The van der Waals surface area contributed by atoms with E-state index in [0.29, 0.717) is 29.1 Å². The normalized spacial score (nSPS) is 22.0. The topological polar surface area (TPSA) is 85.6 Å². The van der Waals surface area contributed by atoms with Crippen molar-refractivity contribution in [3.05, 3.63) is 29.8 Å². The molecule has 0 spiro atoms. The van der Waals surface area contributed by atoms with Crippen LogP contribution in [-0.4, -0.2) is 31.3 Å². The van der Waals surface area contributed by atoms with E-state index in [1.54, 1.807) is 24.3 Å². The Labute approximate surface area is 160 Å². The Morgan fingerprint density at radius 1 is 1.19 bits per heavy atom. The van der Waals surface area contributed by atoms with E-state index in [9.17, 15) is 9.59 Å². The van der Waals surface area contributed by atoms with E-state index in [0.717, 1.165) is 19.3 Å². The van der Waals surface area contributed by atoms with Gasteiger partial charge in [-0.25, -0.2) is 9.59 Å². The number of hydrogen-bond donors (Lipinski definition) is 0. The minimum atomic E-state index is -0.683. The summed E-state index contributed by atoms with van der Waals surface area (Å²) >= 11 is 0. The van der Waals surface area contributed by atoms with Crippen LogP contribution in [0.5, 0.6) is 5.75 Å². The molecule has 27 heavy (non-hydrogen) atoms. The van der Waals surface area contributed by atoms with Crippen molar-refractivity contribution in [2.75, 3.05) is 13.2 Å². The summed E-state index contributed by atoms with van der Waals surface area (Å²) in [6, 6.07) is 8.57. The highest BCUT2D eigenvalue weighted by Crippen LogP contribution is 2.35. The van der Waals surface area contributed by atoms with E-state index >= 15 is 0 Å². The van der Waals surface area contributed by atoms with Crippen molar-refractivity contribution in [1.82, 2.24) is 0 Å². The van der Waals surface area contributed by atoms with Gasteiger partial charge in [-0.15, -0.1) is 0 Å². The summed E-state index contributed by atoms with van der Waals surface area (Å²) in [5, 5.41) is 8.99. The Balaban J connectivity index is 1.77. The Hall–Kier alpha value is -2.55. The van der Waals surface area contributed by atoms with E-state index in [1.807, 2.05) is 6.07 Å². The fraction of sp³-hybridized carbons (Fsp3) is 0.571. The van der Waals surface area contributed by atoms with Crippen molar-refractivity contribution in [1.29, 1.82) is 5.26 Å². The molecule has 1 aliphatic rings. The van der Waals surface area contributed by atoms with Gasteiger partial charge in [0.1, 0.15) is 17.9 Å². The lowest BCUT2D eigenvalue weighted by atomic mass is 9.75. The number of carbonyl (C=O) groups is 2. The highest BCUT2D eigenvalue weighted by Gasteiger charge is 2.33. The number of nitriles is 1. The molecule has 1 fully saturated rings. The summed E-state index contributed by atoms with van der Waals surface area (Å²) in [7, 11) is 0. The number of hydrogen-bond acceptors (Lipinski definition) is 6. The first-order valence-electron chi connectivity index (χ1n) is 9.37. The van der Waals surface area contributed by atoms with Crippen LogP contribution in [0.1, 0.15) is 45.6 Å². The molecule has 2 rings (SSSR count). The molecule has 1 aromatic rings. The number of rotatable bonds is 7. The summed E-state index contributed by atoms with van der Waals surface area (Å²) in [5.41, 5.74) is 0.329. The van der Waals surface area contributed by atoms with Crippen LogP contribution in [-0.2, 0) is 19.1 Å². The van der Waals surface area contributed by atoms with Gasteiger partial charge >= 0.3 is 11.9 Å². The second-order valence-corrected chi connectivity index (χ2v) is 7.41. The highest BCUT2D eigenvalue weighted by molar-refractivity contribution is 5.77. The molecule has 1 saturated carbocycles. The molecule has 0 N–H and O–H groups in total. The molecule has 1 aliphatic carbocycles. The van der Waals surface area contributed by atoms with Gasteiger partial charge in [0.15, 0.2) is 13.2 Å². The van der Waals surface area contributed by atoms with Gasteiger partial charge in [-0.05, 0) is 42.7 Å². The van der Waals surface area contributed by atoms with Gasteiger partial charge in [0.25, 0.3) is 0 Å². The lowest BCUT2D eigenvalue weighted by molar-refractivity contribution is -0.167. The molecular formula is C21H27NO5. The van der Waals surface area contributed by atoms with E-state index in [1.165, 1.54) is 0 Å². The summed E-state index contributed by atoms with van der Waals surface area (Å²) in [6.07, 6.45) is 2.91. The van der Waals surface area contributed by atoms with Crippen molar-refractivity contribution < 1.29 is 23.8 Å². The molecule has 0 aromatic heterocycles. The van der Waals surface area contributed by atoms with Crippen LogP contribution >= 0.6 is 0 Å². The summed E-state index contributed by atoms with van der Waals surface area (Å²) in [5.74, 6) is 0.380. The van der Waals surface area contributed by atoms with Gasteiger partial charge in [-0.3, -0.25) is 0 Å². The molecular weight excluding hydrogens is 346 g/mol. The molecule has 0 heterocycles. The molecule has 0 bridgehead atoms. The average Bonchev–Trinajstić information content (AvgIpc) is 2.64. The van der Waals surface area contributed by atoms with Crippen molar-refractivity contribution in [3.8, 4) is 11.8 Å². The third-order valence-corrected chi connectivity index (χ3v) is 4.95. The molecule has 0 unspecified atom stereocenters. The fourth-order valence-electron chi connectivity index (χ4n) is 3.46. The summed E-state index contributed by atoms with van der Waals surface area (Å²) < 4.78 is 15.8. The van der Waals surface area contributed by atoms with E-state index in [2.05, 4.69) is 20.8 Å². The lowest BCUT2D eigenvalue weighted by Crippen LogP contribution is -2.37. The zero-order valence-electron chi connectivity index (χ0n) is 16.1. The predicted octanol–water partition coefficient (Wildman–Crippen LogP) is 3.48. The van der Waals surface area contributed by atoms with Crippen LogP contribution in [0, 0.1) is 29.1 Å². The van der Waals surface area contributed by atoms with Crippen LogP contribution in [0.15, 0.2) is 24.3 Å². The number of nitrogens with zero attached hydrogens (tertiary/aromatic N) is 1. The zero-order valence-corrected chi connectivity index (χ0v) is 16.1. The predicted molar refractivity (Wildman–Crippen MR) is 98.8 cm³/mol. The van der Waals surface area contributed by atoms with Crippen molar-refractivity contribution >= 4 is 11.9 Å². The van der Waals surface area contributed by atoms with Crippen LogP contribution in [0.2, 0.25) is 0 Å². The average molecular weight is 373 g/mol. The molecule has 0 saturated heterocycles. The second-order valence-electron chi connectivity index (χ2n) is 7.41. The second kappa shape index (κ2) is 9.96. The third kappa shape index (κ3) is 6.28. The minimum Gasteiger partial charge on any atom is -0.481 e. The van der Waals surface area contributed by atoms with Gasteiger partial charge < -0.3 is 14.2 Å². The first-order chi connectivity index (χ1) is 12.9. The molecule has 0 aliphatic heterocycles. The van der Waals surface area contributed by atoms with E-state index in [4.69, 9.17) is 19.5 Å². The molecule has 0 radical (unpaired) electrons. The molecule has 3 atom stereocenters. The maximum absolute atomic E-state index is 12.1. The van der Waals surface area contributed by atoms with E-state index in [-0.39, 0.29) is 12.7 Å². The van der Waals surface area contributed by atoms with Gasteiger partial charge in [-0.1, -0.05) is 39.3 Å². The fourth-order valence-corrected chi connectivity index (χ4v) is 3.46. The van der Waals surface area contributed by atoms with Crippen molar-refractivity contribution in [2.24, 2.45) is 17.8 Å². The first kappa shape index (κ1) is 20.8. The minimum absolute atomic E-state index is 0.126. The third-order valence-electron chi connectivity index (χ3n) is 4.95. The number of para-hydroxylation sites is 1. The summed E-state index contributed by atoms with van der Waals surface area (Å²) in [6.45, 7) is 5.63. The molecule has 6 nitrogen and oxygen atoms in total. The number of benzene rings is 1. The smallest absolute Gasteiger partial charge is 0.344 e. The Kier molecular flexibility index (Phi) is 7.66. The zero-order chi connectivity index (χ0) is 19.8. The van der Waals surface area contributed by atoms with Crippen LogP contribution in [0.3, 0.4) is 0 Å². The van der Waals surface area contributed by atoms with Gasteiger partial charge in [-0.2, -0.15) is 5.26 Å². The monoisotopic (exact) mass is 373 g/mol. The van der Waals surface area contributed by atoms with Crippen LogP contribution < -0.4 is 4.74 Å². The van der Waals surface area contributed by atoms with Crippen molar-refractivity contribution in [3.63, 3.8) is 0 Å². The number of carbonyl (C=O) groups excluding carboxylic acids is 2. The maximum Gasteiger partial charge on any atom is 0.344 e. The molecule has 6 heteroatoms. The molecule has 0 amide bonds. The number of ether oxygens (including phenoxy) is 3. The standard InChI is InChI=1S/C21H27NO5/c1-14(2)17-9-8-15(3)10-19(17)27-21(24)13-26-20(23)12-25-18-7-5-4-6-16(18)11-22/h4-7,14-15,17,19H,8-10,12-13H2,1-3H3/t15-,17+,19-/m1/s1. The molecule has 1 aromatic carbocycles. The quantitative estimate of drug-likeness (QED) is 0.680. The van der Waals surface area contributed by atoms with Gasteiger partial charge in [0.2, 0.25) is 0 Å². The van der Waals surface area contributed by atoms with E-state index < -0.39 is 18.5 Å². The summed E-state index contributed by atoms with van der Waals surface area (Å²) in [4.78, 5) is 23.9. The molecule has 146 valence electrons. The van der Waals surface area contributed by atoms with Gasteiger partial charge in [0, 0.05) is 0 Å². The van der Waals surface area contributed by atoms with Crippen LogP contribution in [0.25, 0.3) is 0 Å². The Morgan fingerprint density at radius 3 is 2.63 bits per heavy atom. The maximum atomic E-state index is 12.1. The lowest BCUT2D eigenvalue weighted by Gasteiger charge is -2.36. The SMILES string of the molecule is CC(C)[C@@H]1CC[C@@H](C)C[C@H]1OC(=O)COC(=O)COc1ccccc1C#N. The largest absolute Gasteiger partial charge is 0.481 e. The van der Waals surface area contributed by atoms with Crippen molar-refractivity contribution in [2.45, 2.75) is 46.1 Å². The first-order valence-corrected chi connectivity index (χ1v) is 9.37. The Morgan fingerprint density at radius 2 is 1.93 bits per heavy atom. The van der Waals surface area contributed by atoms with Crippen LogP contribution in [0.4, 0.5) is 0 Å². The Bertz CT molecular complexity index is 694. The number of esters is 2.